The largest absolute Gasteiger partial charge is 0.300 e. The standard InChI is InChI=1S/C22H22Cl2N2/c1-16(2)14-26-22(18-6-5-13-25-15-18,17-9-11-19(23)12-10-17)20-7-3-4-8-21(20)24/h3-13,15-16,26H,14H2,1-2H3. The Balaban J connectivity index is 2.30. The summed E-state index contributed by atoms with van der Waals surface area (Å²) < 4.78 is 0. The molecule has 2 nitrogen and oxygen atoms in total. The van der Waals surface area contributed by atoms with Crippen molar-refractivity contribution in [2.75, 3.05) is 6.54 Å². The summed E-state index contributed by atoms with van der Waals surface area (Å²) in [5.74, 6) is 0.473. The lowest BCUT2D eigenvalue weighted by molar-refractivity contribution is 0.427. The van der Waals surface area contributed by atoms with Gasteiger partial charge in [-0.15, -0.1) is 0 Å². The fourth-order valence-corrected chi connectivity index (χ4v) is 3.59. The van der Waals surface area contributed by atoms with E-state index in [1.165, 1.54) is 0 Å². The normalized spacial score (nSPS) is 13.6. The molecule has 0 amide bonds. The number of halogens is 2. The first-order valence-electron chi connectivity index (χ1n) is 8.70. The van der Waals surface area contributed by atoms with E-state index in [0.717, 1.165) is 23.2 Å². The van der Waals surface area contributed by atoms with Crippen LogP contribution in [-0.4, -0.2) is 11.5 Å². The van der Waals surface area contributed by atoms with E-state index in [2.05, 4.69) is 36.3 Å². The van der Waals surface area contributed by atoms with Gasteiger partial charge in [-0.1, -0.05) is 73.4 Å². The number of pyridine rings is 1. The zero-order valence-electron chi connectivity index (χ0n) is 14.9. The van der Waals surface area contributed by atoms with E-state index >= 15 is 0 Å². The fraction of sp³-hybridized carbons (Fsp3) is 0.227. The molecule has 0 aliphatic heterocycles. The Morgan fingerprint density at radius 3 is 2.27 bits per heavy atom. The summed E-state index contributed by atoms with van der Waals surface area (Å²) in [6, 6.07) is 19.9. The maximum atomic E-state index is 6.67. The Labute approximate surface area is 165 Å². The second kappa shape index (κ2) is 8.22. The van der Waals surface area contributed by atoms with Crippen LogP contribution in [0.4, 0.5) is 0 Å². The third-order valence-electron chi connectivity index (χ3n) is 4.43. The van der Waals surface area contributed by atoms with Gasteiger partial charge in [0.2, 0.25) is 0 Å². The van der Waals surface area contributed by atoms with E-state index in [-0.39, 0.29) is 0 Å². The van der Waals surface area contributed by atoms with Crippen LogP contribution >= 0.6 is 23.2 Å². The topological polar surface area (TPSA) is 24.9 Å². The van der Waals surface area contributed by atoms with Gasteiger partial charge >= 0.3 is 0 Å². The smallest absolute Gasteiger partial charge is 0.0977 e. The van der Waals surface area contributed by atoms with Gasteiger partial charge in [-0.25, -0.2) is 0 Å². The average molecular weight is 385 g/mol. The molecule has 4 heteroatoms. The van der Waals surface area contributed by atoms with E-state index in [4.69, 9.17) is 23.2 Å². The summed E-state index contributed by atoms with van der Waals surface area (Å²) in [5.41, 5.74) is 2.50. The summed E-state index contributed by atoms with van der Waals surface area (Å²) in [5, 5.41) is 5.19. The summed E-state index contributed by atoms with van der Waals surface area (Å²) >= 11 is 12.8. The molecular weight excluding hydrogens is 363 g/mol. The second-order valence-electron chi connectivity index (χ2n) is 6.75. The second-order valence-corrected chi connectivity index (χ2v) is 7.60. The molecule has 0 fully saturated rings. The van der Waals surface area contributed by atoms with Crippen molar-refractivity contribution in [3.8, 4) is 0 Å². The zero-order chi connectivity index (χ0) is 18.6. The molecule has 0 saturated carbocycles. The number of nitrogens with one attached hydrogen (secondary N) is 1. The van der Waals surface area contributed by atoms with Gasteiger partial charge in [-0.05, 0) is 53.4 Å². The maximum absolute atomic E-state index is 6.67. The van der Waals surface area contributed by atoms with Crippen molar-refractivity contribution in [1.82, 2.24) is 10.3 Å². The number of hydrogen-bond acceptors (Lipinski definition) is 2. The van der Waals surface area contributed by atoms with Gasteiger partial charge in [-0.2, -0.15) is 0 Å². The van der Waals surface area contributed by atoms with Crippen molar-refractivity contribution in [1.29, 1.82) is 0 Å². The molecule has 2 aromatic carbocycles. The van der Waals surface area contributed by atoms with Crippen LogP contribution < -0.4 is 5.32 Å². The lowest BCUT2D eigenvalue weighted by Gasteiger charge is -2.38. The zero-order valence-corrected chi connectivity index (χ0v) is 16.4. The van der Waals surface area contributed by atoms with Gasteiger partial charge in [0.1, 0.15) is 0 Å². The number of benzene rings is 2. The quantitative estimate of drug-likeness (QED) is 0.569. The predicted octanol–water partition coefficient (Wildman–Crippen LogP) is 5.93. The van der Waals surface area contributed by atoms with Crippen LogP contribution in [0.5, 0.6) is 0 Å². The molecule has 0 spiro atoms. The number of nitrogens with zero attached hydrogens (tertiary/aromatic N) is 1. The van der Waals surface area contributed by atoms with E-state index < -0.39 is 5.54 Å². The van der Waals surface area contributed by atoms with Gasteiger partial charge in [0.15, 0.2) is 0 Å². The SMILES string of the molecule is CC(C)CNC(c1ccc(Cl)cc1)(c1cccnc1)c1ccccc1Cl. The molecule has 0 bridgehead atoms. The Hall–Kier alpha value is -1.87. The molecule has 0 aliphatic rings. The molecule has 3 rings (SSSR count). The van der Waals surface area contributed by atoms with Crippen LogP contribution in [0.3, 0.4) is 0 Å². The fourth-order valence-electron chi connectivity index (χ4n) is 3.18. The highest BCUT2D eigenvalue weighted by Gasteiger charge is 2.37. The van der Waals surface area contributed by atoms with Crippen molar-refractivity contribution in [3.63, 3.8) is 0 Å². The molecule has 1 aromatic heterocycles. The molecule has 1 unspecified atom stereocenters. The van der Waals surface area contributed by atoms with Crippen LogP contribution in [0.15, 0.2) is 73.1 Å². The van der Waals surface area contributed by atoms with E-state index in [1.807, 2.05) is 54.7 Å². The third-order valence-corrected chi connectivity index (χ3v) is 5.01. The number of aromatic nitrogens is 1. The molecule has 26 heavy (non-hydrogen) atoms. The number of hydrogen-bond donors (Lipinski definition) is 1. The molecule has 3 aromatic rings. The minimum atomic E-state index is -0.610. The summed E-state index contributed by atoms with van der Waals surface area (Å²) in [6.07, 6.45) is 3.68. The molecule has 1 heterocycles. The van der Waals surface area contributed by atoms with E-state index in [1.54, 1.807) is 6.20 Å². The maximum Gasteiger partial charge on any atom is 0.0977 e. The van der Waals surface area contributed by atoms with Gasteiger partial charge in [0.25, 0.3) is 0 Å². The van der Waals surface area contributed by atoms with Crippen LogP contribution in [0.25, 0.3) is 0 Å². The van der Waals surface area contributed by atoms with Gasteiger partial charge in [0.05, 0.1) is 5.54 Å². The molecular formula is C22H22Cl2N2. The van der Waals surface area contributed by atoms with Crippen LogP contribution in [0.1, 0.15) is 30.5 Å². The average Bonchev–Trinajstić information content (AvgIpc) is 2.65. The molecule has 1 atom stereocenters. The molecule has 0 aliphatic carbocycles. The Bertz CT molecular complexity index is 848. The molecule has 0 saturated heterocycles. The highest BCUT2D eigenvalue weighted by atomic mass is 35.5. The van der Waals surface area contributed by atoms with Gasteiger partial charge in [0, 0.05) is 22.4 Å². The highest BCUT2D eigenvalue weighted by Crippen LogP contribution is 2.40. The van der Waals surface area contributed by atoms with Crippen LogP contribution in [-0.2, 0) is 5.54 Å². The van der Waals surface area contributed by atoms with E-state index in [0.29, 0.717) is 16.0 Å². The van der Waals surface area contributed by atoms with Crippen LogP contribution in [0, 0.1) is 5.92 Å². The van der Waals surface area contributed by atoms with E-state index in [9.17, 15) is 0 Å². The first-order chi connectivity index (χ1) is 12.5. The van der Waals surface area contributed by atoms with Crippen molar-refractivity contribution >= 4 is 23.2 Å². The monoisotopic (exact) mass is 384 g/mol. The molecule has 1 N–H and O–H groups in total. The lowest BCUT2D eigenvalue weighted by atomic mass is 9.77. The molecule has 134 valence electrons. The predicted molar refractivity (Wildman–Crippen MR) is 110 cm³/mol. The molecule has 0 radical (unpaired) electrons. The van der Waals surface area contributed by atoms with Gasteiger partial charge in [-0.3, -0.25) is 10.3 Å². The van der Waals surface area contributed by atoms with Crippen molar-refractivity contribution < 1.29 is 0 Å². The Morgan fingerprint density at radius 1 is 0.923 bits per heavy atom. The lowest BCUT2D eigenvalue weighted by Crippen LogP contribution is -2.46. The van der Waals surface area contributed by atoms with Crippen molar-refractivity contribution in [2.24, 2.45) is 5.92 Å². The van der Waals surface area contributed by atoms with Gasteiger partial charge < -0.3 is 0 Å². The van der Waals surface area contributed by atoms with Crippen molar-refractivity contribution in [3.05, 3.63) is 99.8 Å². The first-order valence-corrected chi connectivity index (χ1v) is 9.46. The Morgan fingerprint density at radius 2 is 1.65 bits per heavy atom. The first kappa shape index (κ1) is 18.9. The summed E-state index contributed by atoms with van der Waals surface area (Å²) in [7, 11) is 0. The van der Waals surface area contributed by atoms with Crippen molar-refractivity contribution in [2.45, 2.75) is 19.4 Å². The minimum absolute atomic E-state index is 0.473. The highest BCUT2D eigenvalue weighted by molar-refractivity contribution is 6.31. The minimum Gasteiger partial charge on any atom is -0.300 e. The summed E-state index contributed by atoms with van der Waals surface area (Å²) in [4.78, 5) is 4.37. The summed E-state index contributed by atoms with van der Waals surface area (Å²) in [6.45, 7) is 5.20. The Kier molecular flexibility index (Phi) is 5.98. The number of rotatable bonds is 6. The third kappa shape index (κ3) is 3.78. The van der Waals surface area contributed by atoms with Crippen LogP contribution in [0.2, 0.25) is 10.0 Å².